The predicted molar refractivity (Wildman–Crippen MR) is 120 cm³/mol. The van der Waals surface area contributed by atoms with Crippen molar-refractivity contribution in [2.24, 2.45) is 0 Å². The highest BCUT2D eigenvalue weighted by molar-refractivity contribution is 5.57. The molecule has 0 atom stereocenters. The summed E-state index contributed by atoms with van der Waals surface area (Å²) in [6.07, 6.45) is 0. The summed E-state index contributed by atoms with van der Waals surface area (Å²) < 4.78 is 0. The van der Waals surface area contributed by atoms with Gasteiger partial charge in [-0.1, -0.05) is 52.0 Å². The third-order valence-corrected chi connectivity index (χ3v) is 6.30. The molecular formula is C26H30O4. The molecule has 0 aliphatic heterocycles. The molecule has 158 valence electrons. The molecule has 0 spiro atoms. The Morgan fingerprint density at radius 2 is 0.867 bits per heavy atom. The molecule has 0 saturated heterocycles. The first-order chi connectivity index (χ1) is 13.9. The molecule has 3 aromatic carbocycles. The van der Waals surface area contributed by atoms with Gasteiger partial charge in [0.15, 0.2) is 0 Å². The van der Waals surface area contributed by atoms with Crippen LogP contribution >= 0.6 is 0 Å². The van der Waals surface area contributed by atoms with Crippen LogP contribution in [0.5, 0.6) is 23.0 Å². The minimum absolute atomic E-state index is 0.0182. The van der Waals surface area contributed by atoms with E-state index in [-0.39, 0.29) is 23.0 Å². The van der Waals surface area contributed by atoms with Crippen molar-refractivity contribution < 1.29 is 20.4 Å². The molecule has 4 N–H and O–H groups in total. The average Bonchev–Trinajstić information content (AvgIpc) is 2.65. The van der Waals surface area contributed by atoms with E-state index in [2.05, 4.69) is 0 Å². The molecule has 0 bridgehead atoms. The van der Waals surface area contributed by atoms with Crippen molar-refractivity contribution >= 4 is 0 Å². The van der Waals surface area contributed by atoms with Gasteiger partial charge in [0.2, 0.25) is 0 Å². The standard InChI is InChI=1S/C26H30O4/c1-15-11-17(7-9-21(15)27)25(3,4)19-13-20(24(30)14-23(19)29)26(5,6)18-8-10-22(28)16(2)12-18/h7-14,27-30H,1-6H3. The Kier molecular flexibility index (Phi) is 5.23. The quantitative estimate of drug-likeness (QED) is 0.443. The van der Waals surface area contributed by atoms with E-state index in [1.807, 2.05) is 71.9 Å². The van der Waals surface area contributed by atoms with E-state index < -0.39 is 10.8 Å². The van der Waals surface area contributed by atoms with Crippen LogP contribution in [0.2, 0.25) is 0 Å². The second kappa shape index (κ2) is 7.28. The lowest BCUT2D eigenvalue weighted by molar-refractivity contribution is 0.424. The second-order valence-corrected chi connectivity index (χ2v) is 9.14. The largest absolute Gasteiger partial charge is 0.508 e. The minimum atomic E-state index is -0.564. The molecule has 0 unspecified atom stereocenters. The number of rotatable bonds is 4. The van der Waals surface area contributed by atoms with E-state index in [1.165, 1.54) is 6.07 Å². The zero-order chi connectivity index (χ0) is 22.4. The fraction of sp³-hybridized carbons (Fsp3) is 0.308. The molecule has 3 aromatic rings. The highest BCUT2D eigenvalue weighted by atomic mass is 16.3. The summed E-state index contributed by atoms with van der Waals surface area (Å²) in [7, 11) is 0. The van der Waals surface area contributed by atoms with Crippen LogP contribution in [0.3, 0.4) is 0 Å². The van der Waals surface area contributed by atoms with E-state index >= 15 is 0 Å². The molecule has 0 saturated carbocycles. The van der Waals surface area contributed by atoms with E-state index in [9.17, 15) is 20.4 Å². The normalized spacial score (nSPS) is 12.2. The number of aromatic hydroxyl groups is 4. The first-order valence-corrected chi connectivity index (χ1v) is 10.0. The molecule has 0 heterocycles. The van der Waals surface area contributed by atoms with Crippen molar-refractivity contribution in [3.8, 4) is 23.0 Å². The number of benzene rings is 3. The van der Waals surface area contributed by atoms with Crippen molar-refractivity contribution in [3.63, 3.8) is 0 Å². The molecule has 4 heteroatoms. The zero-order valence-electron chi connectivity index (χ0n) is 18.4. The Morgan fingerprint density at radius 3 is 1.20 bits per heavy atom. The SMILES string of the molecule is Cc1cc(C(C)(C)c2cc(C(C)(C)c3ccc(O)c(C)c3)c(O)cc2O)ccc1O. The maximum Gasteiger partial charge on any atom is 0.123 e. The van der Waals surface area contributed by atoms with Crippen LogP contribution in [0.25, 0.3) is 0 Å². The minimum Gasteiger partial charge on any atom is -0.508 e. The van der Waals surface area contributed by atoms with Crippen LogP contribution in [-0.2, 0) is 10.8 Å². The third-order valence-electron chi connectivity index (χ3n) is 6.30. The van der Waals surface area contributed by atoms with Gasteiger partial charge in [0.25, 0.3) is 0 Å². The second-order valence-electron chi connectivity index (χ2n) is 9.14. The molecule has 0 aromatic heterocycles. The first kappa shape index (κ1) is 21.6. The van der Waals surface area contributed by atoms with Crippen molar-refractivity contribution in [2.75, 3.05) is 0 Å². The maximum atomic E-state index is 10.7. The van der Waals surface area contributed by atoms with Gasteiger partial charge in [-0.3, -0.25) is 0 Å². The summed E-state index contributed by atoms with van der Waals surface area (Å²) in [4.78, 5) is 0. The smallest absolute Gasteiger partial charge is 0.123 e. The summed E-state index contributed by atoms with van der Waals surface area (Å²) in [6, 6.07) is 14.1. The van der Waals surface area contributed by atoms with E-state index in [0.717, 1.165) is 22.3 Å². The number of phenols is 4. The Bertz CT molecular complexity index is 1030. The third kappa shape index (κ3) is 3.58. The predicted octanol–water partition coefficient (Wildman–Crippen LogP) is 5.78. The van der Waals surface area contributed by atoms with Crippen molar-refractivity contribution in [2.45, 2.75) is 52.4 Å². The molecule has 0 aliphatic carbocycles. The zero-order valence-corrected chi connectivity index (χ0v) is 18.4. The Balaban J connectivity index is 2.18. The van der Waals surface area contributed by atoms with Crippen molar-refractivity contribution in [3.05, 3.63) is 81.9 Å². The van der Waals surface area contributed by atoms with Gasteiger partial charge in [-0.05, 0) is 54.3 Å². The van der Waals surface area contributed by atoms with Gasteiger partial charge in [-0.2, -0.15) is 0 Å². The Morgan fingerprint density at radius 1 is 0.500 bits per heavy atom. The number of aryl methyl sites for hydroxylation is 2. The van der Waals surface area contributed by atoms with E-state index in [4.69, 9.17) is 0 Å². The van der Waals surface area contributed by atoms with Gasteiger partial charge in [0.1, 0.15) is 23.0 Å². The summed E-state index contributed by atoms with van der Waals surface area (Å²) >= 11 is 0. The van der Waals surface area contributed by atoms with Crippen LogP contribution in [-0.4, -0.2) is 20.4 Å². The Hall–Kier alpha value is -3.14. The lowest BCUT2D eigenvalue weighted by Crippen LogP contribution is -2.23. The monoisotopic (exact) mass is 406 g/mol. The molecule has 0 amide bonds. The molecule has 0 fully saturated rings. The molecular weight excluding hydrogens is 376 g/mol. The average molecular weight is 407 g/mol. The van der Waals surface area contributed by atoms with Crippen LogP contribution in [0.1, 0.15) is 61.1 Å². The van der Waals surface area contributed by atoms with Crippen molar-refractivity contribution in [1.29, 1.82) is 0 Å². The van der Waals surface area contributed by atoms with Gasteiger partial charge in [0, 0.05) is 28.0 Å². The first-order valence-electron chi connectivity index (χ1n) is 10.0. The topological polar surface area (TPSA) is 80.9 Å². The molecule has 30 heavy (non-hydrogen) atoms. The Labute approximate surface area is 178 Å². The summed E-state index contributed by atoms with van der Waals surface area (Å²) in [5, 5.41) is 41.2. The molecule has 4 nitrogen and oxygen atoms in total. The van der Waals surface area contributed by atoms with E-state index in [1.54, 1.807) is 12.1 Å². The lowest BCUT2D eigenvalue weighted by Gasteiger charge is -2.32. The lowest BCUT2D eigenvalue weighted by atomic mass is 9.72. The molecule has 0 aliphatic rings. The van der Waals surface area contributed by atoms with Crippen LogP contribution in [0, 0.1) is 13.8 Å². The van der Waals surface area contributed by atoms with E-state index in [0.29, 0.717) is 11.1 Å². The number of hydrogen-bond acceptors (Lipinski definition) is 4. The van der Waals surface area contributed by atoms with Gasteiger partial charge < -0.3 is 20.4 Å². The van der Waals surface area contributed by atoms with Crippen LogP contribution in [0.4, 0.5) is 0 Å². The number of phenolic OH excluding ortho intramolecular Hbond substituents is 4. The molecule has 0 radical (unpaired) electrons. The number of hydrogen-bond donors (Lipinski definition) is 4. The fourth-order valence-corrected chi connectivity index (χ4v) is 3.98. The van der Waals surface area contributed by atoms with Gasteiger partial charge in [-0.25, -0.2) is 0 Å². The fourth-order valence-electron chi connectivity index (χ4n) is 3.98. The van der Waals surface area contributed by atoms with Gasteiger partial charge in [0.05, 0.1) is 0 Å². The van der Waals surface area contributed by atoms with Crippen LogP contribution < -0.4 is 0 Å². The maximum absolute atomic E-state index is 10.7. The van der Waals surface area contributed by atoms with Gasteiger partial charge >= 0.3 is 0 Å². The summed E-state index contributed by atoms with van der Waals surface area (Å²) in [5.41, 5.74) is 3.66. The van der Waals surface area contributed by atoms with Crippen molar-refractivity contribution in [1.82, 2.24) is 0 Å². The highest BCUT2D eigenvalue weighted by Crippen LogP contribution is 2.45. The summed E-state index contributed by atoms with van der Waals surface area (Å²) in [6.45, 7) is 11.7. The van der Waals surface area contributed by atoms with Gasteiger partial charge in [-0.15, -0.1) is 0 Å². The van der Waals surface area contributed by atoms with Crippen LogP contribution in [0.15, 0.2) is 48.5 Å². The highest BCUT2D eigenvalue weighted by Gasteiger charge is 2.33. The molecule has 3 rings (SSSR count). The summed E-state index contributed by atoms with van der Waals surface area (Å²) in [5.74, 6) is 0.498.